The number of anilines is 1. The molecule has 2 aromatic rings. The standard InChI is InChI=1S/C22H22F4N4O2S/c1-2-12-3-6-17(28-9-12)19(31)29-14-4-5-16(23)15(7-14)21-8-13(10-33-20(27)30-21)18(32-11-21)22(24,25)26/h3-7,9,13,18H,2,8,10-11H2,1H3,(H2,27,30)(H,29,31)/t13-,18-,21+/m0/s1. The van der Waals surface area contributed by atoms with Crippen molar-refractivity contribution in [1.82, 2.24) is 4.98 Å². The predicted octanol–water partition coefficient (Wildman–Crippen LogP) is 4.26. The first-order valence-corrected chi connectivity index (χ1v) is 11.3. The molecule has 0 saturated carbocycles. The van der Waals surface area contributed by atoms with Crippen LogP contribution in [0.3, 0.4) is 0 Å². The molecule has 2 bridgehead atoms. The molecule has 6 nitrogen and oxygen atoms in total. The SMILES string of the molecule is CCc1ccc(C(=O)Nc2ccc(F)c([C@@]34CO[C@H](C(F)(F)F)[C@H](CSC(N)=N3)C4)c2)nc1. The number of carbonyl (C=O) groups is 1. The molecular formula is C22H22F4N4O2S. The van der Waals surface area contributed by atoms with Crippen molar-refractivity contribution in [1.29, 1.82) is 0 Å². The largest absolute Gasteiger partial charge is 0.414 e. The van der Waals surface area contributed by atoms with E-state index in [0.29, 0.717) is 0 Å². The molecule has 3 heterocycles. The maximum atomic E-state index is 15.0. The highest BCUT2D eigenvalue weighted by molar-refractivity contribution is 8.13. The van der Waals surface area contributed by atoms with E-state index >= 15 is 0 Å². The molecule has 1 saturated heterocycles. The molecule has 0 aliphatic carbocycles. The van der Waals surface area contributed by atoms with Gasteiger partial charge < -0.3 is 15.8 Å². The Morgan fingerprint density at radius 3 is 2.79 bits per heavy atom. The molecule has 0 radical (unpaired) electrons. The Morgan fingerprint density at radius 2 is 2.12 bits per heavy atom. The topological polar surface area (TPSA) is 89.6 Å². The van der Waals surface area contributed by atoms with E-state index in [1.165, 1.54) is 12.1 Å². The highest BCUT2D eigenvalue weighted by atomic mass is 32.2. The fourth-order valence-corrected chi connectivity index (χ4v) is 5.07. The van der Waals surface area contributed by atoms with Gasteiger partial charge in [-0.1, -0.05) is 24.8 Å². The molecule has 0 unspecified atom stereocenters. The van der Waals surface area contributed by atoms with E-state index < -0.39 is 42.1 Å². The van der Waals surface area contributed by atoms with Gasteiger partial charge in [0.15, 0.2) is 11.3 Å². The third-order valence-electron chi connectivity index (χ3n) is 5.81. The van der Waals surface area contributed by atoms with Gasteiger partial charge in [0.05, 0.1) is 6.61 Å². The van der Waals surface area contributed by atoms with Crippen molar-refractivity contribution >= 4 is 28.5 Å². The summed E-state index contributed by atoms with van der Waals surface area (Å²) in [6, 6.07) is 7.25. The highest BCUT2D eigenvalue weighted by Crippen LogP contribution is 2.47. The van der Waals surface area contributed by atoms with E-state index in [2.05, 4.69) is 15.3 Å². The molecular weight excluding hydrogens is 460 g/mol. The summed E-state index contributed by atoms with van der Waals surface area (Å²) in [6.45, 7) is 1.48. The van der Waals surface area contributed by atoms with Crippen LogP contribution in [0.4, 0.5) is 23.2 Å². The predicted molar refractivity (Wildman–Crippen MR) is 118 cm³/mol. The van der Waals surface area contributed by atoms with Crippen molar-refractivity contribution in [2.24, 2.45) is 16.6 Å². The van der Waals surface area contributed by atoms with Crippen molar-refractivity contribution in [3.8, 4) is 0 Å². The van der Waals surface area contributed by atoms with E-state index in [-0.39, 0.29) is 34.3 Å². The number of rotatable bonds is 4. The van der Waals surface area contributed by atoms with Crippen LogP contribution < -0.4 is 11.1 Å². The number of amidine groups is 1. The first kappa shape index (κ1) is 23.5. The fraction of sp³-hybridized carbons (Fsp3) is 0.409. The summed E-state index contributed by atoms with van der Waals surface area (Å²) >= 11 is 0.997. The molecule has 2 aliphatic rings. The average molecular weight is 483 g/mol. The zero-order valence-electron chi connectivity index (χ0n) is 17.7. The van der Waals surface area contributed by atoms with Gasteiger partial charge in [-0.15, -0.1) is 0 Å². The van der Waals surface area contributed by atoms with E-state index in [1.807, 2.05) is 6.92 Å². The first-order valence-electron chi connectivity index (χ1n) is 10.3. The van der Waals surface area contributed by atoms with Crippen LogP contribution in [0.5, 0.6) is 0 Å². The van der Waals surface area contributed by atoms with Gasteiger partial charge in [-0.05, 0) is 42.7 Å². The zero-order chi connectivity index (χ0) is 23.8. The minimum Gasteiger partial charge on any atom is -0.379 e. The molecule has 3 atom stereocenters. The number of nitrogens with two attached hydrogens (primary N) is 1. The van der Waals surface area contributed by atoms with Gasteiger partial charge in [0, 0.05) is 29.1 Å². The molecule has 1 amide bonds. The van der Waals surface area contributed by atoms with E-state index in [9.17, 15) is 22.4 Å². The van der Waals surface area contributed by atoms with Crippen LogP contribution >= 0.6 is 11.8 Å². The Morgan fingerprint density at radius 1 is 1.33 bits per heavy atom. The van der Waals surface area contributed by atoms with Crippen LogP contribution in [0.25, 0.3) is 0 Å². The maximum absolute atomic E-state index is 15.0. The Balaban J connectivity index is 1.64. The van der Waals surface area contributed by atoms with E-state index in [0.717, 1.165) is 29.8 Å². The quantitative estimate of drug-likeness (QED) is 0.636. The smallest absolute Gasteiger partial charge is 0.379 e. The summed E-state index contributed by atoms with van der Waals surface area (Å²) in [4.78, 5) is 21.1. The summed E-state index contributed by atoms with van der Waals surface area (Å²) in [5, 5.41) is 2.73. The maximum Gasteiger partial charge on any atom is 0.414 e. The molecule has 3 N–H and O–H groups in total. The Hall–Kier alpha value is -2.66. The number of aryl methyl sites for hydroxylation is 1. The monoisotopic (exact) mass is 482 g/mol. The lowest BCUT2D eigenvalue weighted by Crippen LogP contribution is -2.50. The number of aromatic nitrogens is 1. The third kappa shape index (κ3) is 4.84. The lowest BCUT2D eigenvalue weighted by Gasteiger charge is -2.41. The number of nitrogens with zero attached hydrogens (tertiary/aromatic N) is 2. The van der Waals surface area contributed by atoms with Crippen LogP contribution in [-0.4, -0.2) is 40.7 Å². The van der Waals surface area contributed by atoms with Crippen LogP contribution in [0.1, 0.15) is 35.0 Å². The van der Waals surface area contributed by atoms with Crippen LogP contribution in [-0.2, 0) is 16.7 Å². The number of thioether (sulfide) groups is 1. The number of fused-ring (bicyclic) bond motifs is 2. The summed E-state index contributed by atoms with van der Waals surface area (Å²) in [6.07, 6.45) is -4.23. The molecule has 1 fully saturated rings. The zero-order valence-corrected chi connectivity index (χ0v) is 18.5. The summed E-state index contributed by atoms with van der Waals surface area (Å²) in [5.74, 6) is -2.07. The van der Waals surface area contributed by atoms with Crippen LogP contribution in [0, 0.1) is 11.7 Å². The molecule has 176 valence electrons. The van der Waals surface area contributed by atoms with Gasteiger partial charge in [-0.25, -0.2) is 9.38 Å². The summed E-state index contributed by atoms with van der Waals surface area (Å²) in [7, 11) is 0. The minimum absolute atomic E-state index is 0.0191. The number of pyridine rings is 1. The molecule has 11 heteroatoms. The average Bonchev–Trinajstić information content (AvgIpc) is 2.90. The van der Waals surface area contributed by atoms with Crippen molar-refractivity contribution in [2.45, 2.75) is 37.6 Å². The summed E-state index contributed by atoms with van der Waals surface area (Å²) in [5.41, 5.74) is 5.91. The van der Waals surface area contributed by atoms with Crippen molar-refractivity contribution in [3.63, 3.8) is 0 Å². The number of hydrogen-bond acceptors (Lipinski definition) is 6. The molecule has 1 aromatic carbocycles. The highest BCUT2D eigenvalue weighted by Gasteiger charge is 2.54. The Labute approximate surface area is 192 Å². The van der Waals surface area contributed by atoms with Gasteiger partial charge in [0.25, 0.3) is 5.91 Å². The molecule has 1 aromatic heterocycles. The minimum atomic E-state index is -4.55. The van der Waals surface area contributed by atoms with Gasteiger partial charge in [-0.3, -0.25) is 9.78 Å². The normalized spacial score (nSPS) is 25.2. The Kier molecular flexibility index (Phi) is 6.37. The molecule has 0 spiro atoms. The number of amides is 1. The number of carbonyl (C=O) groups excluding carboxylic acids is 1. The van der Waals surface area contributed by atoms with E-state index in [4.69, 9.17) is 10.5 Å². The third-order valence-corrected chi connectivity index (χ3v) is 6.79. The lowest BCUT2D eigenvalue weighted by molar-refractivity contribution is -0.252. The van der Waals surface area contributed by atoms with Crippen LogP contribution in [0.15, 0.2) is 41.5 Å². The number of nitrogens with one attached hydrogen (secondary N) is 1. The number of ether oxygens (including phenoxy) is 1. The van der Waals surface area contributed by atoms with Gasteiger partial charge in [0.1, 0.15) is 17.1 Å². The molecule has 4 rings (SSSR count). The number of benzene rings is 1. The van der Waals surface area contributed by atoms with Gasteiger partial charge >= 0.3 is 6.18 Å². The summed E-state index contributed by atoms with van der Waals surface area (Å²) < 4.78 is 60.5. The van der Waals surface area contributed by atoms with Crippen molar-refractivity contribution in [3.05, 3.63) is 59.2 Å². The van der Waals surface area contributed by atoms with Crippen LogP contribution in [0.2, 0.25) is 0 Å². The van der Waals surface area contributed by atoms with Gasteiger partial charge in [-0.2, -0.15) is 13.2 Å². The number of alkyl halides is 3. The number of halogens is 4. The lowest BCUT2D eigenvalue weighted by atomic mass is 9.78. The first-order chi connectivity index (χ1) is 15.6. The second-order valence-corrected chi connectivity index (χ2v) is 9.12. The van der Waals surface area contributed by atoms with Crippen molar-refractivity contribution < 1.29 is 27.1 Å². The van der Waals surface area contributed by atoms with Gasteiger partial charge in [0.2, 0.25) is 0 Å². The molecule has 33 heavy (non-hydrogen) atoms. The number of hydrogen-bond donors (Lipinski definition) is 2. The number of aliphatic imine (C=N–C) groups is 1. The van der Waals surface area contributed by atoms with E-state index in [1.54, 1.807) is 18.3 Å². The van der Waals surface area contributed by atoms with Crippen molar-refractivity contribution in [2.75, 3.05) is 17.7 Å². The second kappa shape index (κ2) is 8.94. The second-order valence-electron chi connectivity index (χ2n) is 8.08. The Bertz CT molecular complexity index is 1080. The fourth-order valence-electron chi connectivity index (χ4n) is 4.16. The molecule has 2 aliphatic heterocycles.